The largest absolute Gasteiger partial charge is 0.106 e. The average Bonchev–Trinajstić information content (AvgIpc) is 1.35. The Balaban J connectivity index is 3.14. The van der Waals surface area contributed by atoms with Crippen LogP contribution in [0.3, 0.4) is 0 Å². The van der Waals surface area contributed by atoms with Crippen molar-refractivity contribution in [3.05, 3.63) is 7.66 Å². The van der Waals surface area contributed by atoms with Crippen molar-refractivity contribution in [1.82, 2.24) is 0 Å². The maximum Gasteiger partial charge on any atom is 0.106 e. The molecule has 0 aliphatic carbocycles. The molecule has 6 heavy (non-hydrogen) atoms. The minimum atomic E-state index is 1.15. The van der Waals surface area contributed by atoms with Gasteiger partial charge < -0.3 is 0 Å². The Bertz CT molecular complexity index is 55.8. The molecule has 0 aromatic rings. The molecule has 0 aromatic heterocycles. The fraction of sp³-hybridized carbons (Fsp3) is 0.333. The Labute approximate surface area is 66.5 Å². The highest BCUT2D eigenvalue weighted by Gasteiger charge is 1.72. The van der Waals surface area contributed by atoms with Gasteiger partial charge in [-0.05, 0) is 45.2 Å². The zero-order valence-electron chi connectivity index (χ0n) is 3.54. The number of hydrogen-bond donors (Lipinski definition) is 0. The Hall–Kier alpha value is 1.26. The quantitative estimate of drug-likeness (QED) is 0.511. The molecule has 34 valence electrons. The van der Waals surface area contributed by atoms with Crippen LogP contribution >= 0.6 is 45.2 Å². The van der Waals surface area contributed by atoms with E-state index in [0.29, 0.717) is 0 Å². The minimum absolute atomic E-state index is 1.15. The van der Waals surface area contributed by atoms with Gasteiger partial charge in [-0.2, -0.15) is 0 Å². The molecular weight excluding hydrogens is 301 g/mol. The summed E-state index contributed by atoms with van der Waals surface area (Å²) in [5.41, 5.74) is 0. The zero-order valence-corrected chi connectivity index (χ0v) is 7.86. The molecule has 0 bridgehead atoms. The van der Waals surface area contributed by atoms with Gasteiger partial charge in [-0.25, -0.2) is 0 Å². The molecule has 0 unspecified atom stereocenters. The first-order valence-electron chi connectivity index (χ1n) is 1.78. The summed E-state index contributed by atoms with van der Waals surface area (Å²) >= 11 is 4.58. The van der Waals surface area contributed by atoms with Crippen LogP contribution in [0.1, 0.15) is 0 Å². The minimum Gasteiger partial charge on any atom is -0.0728 e. The predicted octanol–water partition coefficient (Wildman–Crippen LogP) is 1.75. The molecule has 0 N–H and O–H groups in total. The zero-order chi connectivity index (χ0) is 4.99. The number of hydrogen-bond acceptors (Lipinski definition) is 0. The highest BCUT2D eigenvalue weighted by Crippen LogP contribution is 2.14. The number of allylic oxidation sites excluding steroid dienone is 1. The van der Waals surface area contributed by atoms with E-state index in [-0.39, 0.29) is 0 Å². The Morgan fingerprint density at radius 3 is 2.17 bits per heavy atom. The lowest BCUT2D eigenvalue weighted by Crippen LogP contribution is -1.54. The smallest absolute Gasteiger partial charge is 0.0728 e. The van der Waals surface area contributed by atoms with E-state index in [9.17, 15) is 0 Å². The van der Waals surface area contributed by atoms with Crippen molar-refractivity contribution in [3.8, 4) is 0 Å². The van der Waals surface area contributed by atoms with E-state index in [2.05, 4.69) is 59.1 Å². The molecule has 3 heteroatoms. The first kappa shape index (κ1) is 7.26. The van der Waals surface area contributed by atoms with E-state index in [0.717, 1.165) is 6.32 Å². The summed E-state index contributed by atoms with van der Waals surface area (Å²) in [6.07, 6.45) is 3.34. The molecule has 0 aliphatic heterocycles. The van der Waals surface area contributed by atoms with Crippen molar-refractivity contribution in [2.45, 2.75) is 6.32 Å². The van der Waals surface area contributed by atoms with E-state index < -0.39 is 0 Å². The summed E-state index contributed by atoms with van der Waals surface area (Å²) in [5.74, 6) is 0. The van der Waals surface area contributed by atoms with E-state index in [4.69, 9.17) is 0 Å². The molecule has 0 fully saturated rings. The van der Waals surface area contributed by atoms with Crippen molar-refractivity contribution in [2.24, 2.45) is 0 Å². The molecule has 0 spiro atoms. The summed E-state index contributed by atoms with van der Waals surface area (Å²) in [7, 11) is 2.14. The first-order valence-corrected chi connectivity index (χ1v) is 3.94. The van der Waals surface area contributed by atoms with Crippen LogP contribution in [0.15, 0.2) is 7.66 Å². The highest BCUT2D eigenvalue weighted by molar-refractivity contribution is 14.2. The fourth-order valence-corrected chi connectivity index (χ4v) is 1.04. The SMILES string of the molecule is BCC=C(I)I. The third-order valence-corrected chi connectivity index (χ3v) is 1.24. The standard InChI is InChI=1S/C3H5BI2/c4-2-1-3(5)6/h1H,2,4H2. The predicted molar refractivity (Wildman–Crippen MR) is 49.5 cm³/mol. The molecule has 0 rings (SSSR count). The molecule has 0 nitrogen and oxygen atoms in total. The molecule has 0 atom stereocenters. The summed E-state index contributed by atoms with van der Waals surface area (Å²) in [4.78, 5) is 0. The van der Waals surface area contributed by atoms with Crippen molar-refractivity contribution in [1.29, 1.82) is 0 Å². The van der Waals surface area contributed by atoms with Crippen molar-refractivity contribution < 1.29 is 0 Å². The summed E-state index contributed by atoms with van der Waals surface area (Å²) < 4.78 is 1.35. The molecule has 0 saturated carbocycles. The van der Waals surface area contributed by atoms with Crippen molar-refractivity contribution in [3.63, 3.8) is 0 Å². The van der Waals surface area contributed by atoms with Crippen molar-refractivity contribution in [2.75, 3.05) is 0 Å². The molecule has 0 aromatic carbocycles. The third kappa shape index (κ3) is 5.26. The average molecular weight is 306 g/mol. The summed E-state index contributed by atoms with van der Waals surface area (Å²) in [6, 6.07) is 0. The van der Waals surface area contributed by atoms with Crippen molar-refractivity contribution >= 4 is 53.0 Å². The van der Waals surface area contributed by atoms with Gasteiger partial charge in [-0.15, -0.1) is 0 Å². The second-order valence-corrected chi connectivity index (χ2v) is 5.29. The van der Waals surface area contributed by atoms with Crippen LogP contribution in [0.5, 0.6) is 0 Å². The Morgan fingerprint density at radius 1 is 1.67 bits per heavy atom. The normalized spacial score (nSPS) is 7.67. The van der Waals surface area contributed by atoms with Crippen LogP contribution in [-0.4, -0.2) is 7.85 Å². The fourth-order valence-electron chi connectivity index (χ4n) is 0.154. The van der Waals surface area contributed by atoms with Crippen LogP contribution in [0.25, 0.3) is 0 Å². The van der Waals surface area contributed by atoms with Gasteiger partial charge in [-0.3, -0.25) is 0 Å². The van der Waals surface area contributed by atoms with Crippen LogP contribution < -0.4 is 0 Å². The summed E-state index contributed by atoms with van der Waals surface area (Å²) in [5, 5.41) is 0. The van der Waals surface area contributed by atoms with E-state index in [1.807, 2.05) is 0 Å². The van der Waals surface area contributed by atoms with Gasteiger partial charge in [-0.1, -0.05) is 12.4 Å². The first-order chi connectivity index (χ1) is 2.77. The van der Waals surface area contributed by atoms with E-state index >= 15 is 0 Å². The maximum absolute atomic E-state index is 2.29. The number of halogens is 2. The van der Waals surface area contributed by atoms with Gasteiger partial charge in [0.05, 0.1) is 0 Å². The highest BCUT2D eigenvalue weighted by atomic mass is 127. The van der Waals surface area contributed by atoms with Gasteiger partial charge in [0, 0.05) is 1.59 Å². The van der Waals surface area contributed by atoms with Gasteiger partial charge in [0.25, 0.3) is 0 Å². The molecule has 0 aliphatic rings. The number of rotatable bonds is 1. The van der Waals surface area contributed by atoms with Crippen LogP contribution in [0, 0.1) is 0 Å². The van der Waals surface area contributed by atoms with Gasteiger partial charge >= 0.3 is 0 Å². The summed E-state index contributed by atoms with van der Waals surface area (Å²) in [6.45, 7) is 0. The molecule has 0 saturated heterocycles. The van der Waals surface area contributed by atoms with E-state index in [1.54, 1.807) is 0 Å². The van der Waals surface area contributed by atoms with Crippen LogP contribution in [0.2, 0.25) is 6.32 Å². The molecule has 0 amide bonds. The molecule has 0 radical (unpaired) electrons. The van der Waals surface area contributed by atoms with E-state index in [1.165, 1.54) is 1.59 Å². The second kappa shape index (κ2) is 4.42. The van der Waals surface area contributed by atoms with Crippen LogP contribution in [-0.2, 0) is 0 Å². The van der Waals surface area contributed by atoms with Crippen LogP contribution in [0.4, 0.5) is 0 Å². The Morgan fingerprint density at radius 2 is 2.17 bits per heavy atom. The van der Waals surface area contributed by atoms with Gasteiger partial charge in [0.15, 0.2) is 0 Å². The lowest BCUT2D eigenvalue weighted by molar-refractivity contribution is 1.75. The van der Waals surface area contributed by atoms with Gasteiger partial charge in [0.1, 0.15) is 7.85 Å². The lowest BCUT2D eigenvalue weighted by Gasteiger charge is -1.75. The Kier molecular flexibility index (Phi) is 5.36. The lowest BCUT2D eigenvalue weighted by atomic mass is 10.1. The molecular formula is C3H5BI2. The molecule has 0 heterocycles. The van der Waals surface area contributed by atoms with Gasteiger partial charge in [0.2, 0.25) is 0 Å². The topological polar surface area (TPSA) is 0 Å². The second-order valence-electron chi connectivity index (χ2n) is 0.902. The monoisotopic (exact) mass is 306 g/mol. The third-order valence-electron chi connectivity index (χ3n) is 0.358. The maximum atomic E-state index is 2.29.